The van der Waals surface area contributed by atoms with E-state index in [0.717, 1.165) is 0 Å². The van der Waals surface area contributed by atoms with E-state index in [0.29, 0.717) is 10.7 Å². The van der Waals surface area contributed by atoms with Crippen LogP contribution in [-0.4, -0.2) is 22.2 Å². The Morgan fingerprint density at radius 1 is 1.37 bits per heavy atom. The highest BCUT2D eigenvalue weighted by atomic mass is 35.5. The van der Waals surface area contributed by atoms with Crippen molar-refractivity contribution in [2.75, 3.05) is 0 Å². The van der Waals surface area contributed by atoms with Gasteiger partial charge in [0.2, 0.25) is 0 Å². The molecule has 1 amide bonds. The molecule has 0 spiro atoms. The number of phenols is 1. The summed E-state index contributed by atoms with van der Waals surface area (Å²) in [6.45, 7) is 0. The van der Waals surface area contributed by atoms with Crippen LogP contribution in [0.1, 0.15) is 16.1 Å². The molecule has 6 heteroatoms. The molecule has 0 radical (unpaired) electrons. The van der Waals surface area contributed by atoms with Gasteiger partial charge >= 0.3 is 0 Å². The van der Waals surface area contributed by atoms with Gasteiger partial charge in [-0.3, -0.25) is 9.78 Å². The predicted molar refractivity (Wildman–Crippen MR) is 72.4 cm³/mol. The number of phenolic OH excluding ortho intramolecular Hbond substituents is 1. The number of pyridine rings is 1. The zero-order valence-electron chi connectivity index (χ0n) is 9.75. The Morgan fingerprint density at radius 3 is 2.95 bits per heavy atom. The van der Waals surface area contributed by atoms with E-state index in [9.17, 15) is 9.90 Å². The number of aromatic hydroxyl groups is 1. The molecule has 1 aromatic carbocycles. The fourth-order valence-corrected chi connectivity index (χ4v) is 1.53. The van der Waals surface area contributed by atoms with E-state index < -0.39 is 5.91 Å². The van der Waals surface area contributed by atoms with Gasteiger partial charge in [0.15, 0.2) is 0 Å². The van der Waals surface area contributed by atoms with Crippen LogP contribution in [0.4, 0.5) is 0 Å². The van der Waals surface area contributed by atoms with Crippen molar-refractivity contribution in [2.24, 2.45) is 5.10 Å². The van der Waals surface area contributed by atoms with Crippen LogP contribution in [0.3, 0.4) is 0 Å². The van der Waals surface area contributed by atoms with E-state index in [2.05, 4.69) is 15.5 Å². The number of rotatable bonds is 3. The molecule has 0 saturated heterocycles. The van der Waals surface area contributed by atoms with E-state index >= 15 is 0 Å². The number of carbonyl (C=O) groups is 1. The molecule has 2 N–H and O–H groups in total. The van der Waals surface area contributed by atoms with Gasteiger partial charge in [-0.2, -0.15) is 5.10 Å². The van der Waals surface area contributed by atoms with E-state index in [1.54, 1.807) is 24.4 Å². The second-order valence-electron chi connectivity index (χ2n) is 3.62. The van der Waals surface area contributed by atoms with Crippen molar-refractivity contribution < 1.29 is 9.90 Å². The maximum Gasteiger partial charge on any atom is 0.275 e. The lowest BCUT2D eigenvalue weighted by molar-refractivity contribution is 0.0952. The smallest absolute Gasteiger partial charge is 0.275 e. The Hall–Kier alpha value is -2.40. The molecule has 19 heavy (non-hydrogen) atoms. The van der Waals surface area contributed by atoms with Crippen LogP contribution in [0.25, 0.3) is 0 Å². The van der Waals surface area contributed by atoms with Gasteiger partial charge in [-0.05, 0) is 30.3 Å². The van der Waals surface area contributed by atoms with E-state index in [4.69, 9.17) is 11.6 Å². The summed E-state index contributed by atoms with van der Waals surface area (Å²) in [7, 11) is 0. The van der Waals surface area contributed by atoms with Crippen LogP contribution in [0, 0.1) is 0 Å². The lowest BCUT2D eigenvalue weighted by Gasteiger charge is -2.03. The first kappa shape index (κ1) is 13.0. The third kappa shape index (κ3) is 3.53. The molecule has 0 saturated carbocycles. The number of aromatic nitrogens is 1. The summed E-state index contributed by atoms with van der Waals surface area (Å²) in [5.41, 5.74) is 2.96. The minimum absolute atomic E-state index is 0.0608. The summed E-state index contributed by atoms with van der Waals surface area (Å²) in [6.07, 6.45) is 3.02. The predicted octanol–water partition coefficient (Wildman–Crippen LogP) is 2.20. The molecule has 0 aliphatic rings. The summed E-state index contributed by atoms with van der Waals surface area (Å²) in [4.78, 5) is 15.8. The number of nitrogens with zero attached hydrogens (tertiary/aromatic N) is 2. The summed E-state index contributed by atoms with van der Waals surface area (Å²) in [5.74, 6) is -0.706. The van der Waals surface area contributed by atoms with Crippen molar-refractivity contribution >= 4 is 23.7 Å². The molecule has 1 heterocycles. The van der Waals surface area contributed by atoms with E-state index in [1.165, 1.54) is 24.4 Å². The molecule has 0 unspecified atom stereocenters. The number of hydrazone groups is 1. The van der Waals surface area contributed by atoms with Gasteiger partial charge in [-0.1, -0.05) is 17.7 Å². The molecule has 0 aliphatic heterocycles. The number of carbonyl (C=O) groups excluding carboxylic acids is 1. The average molecular weight is 276 g/mol. The van der Waals surface area contributed by atoms with Gasteiger partial charge in [0.1, 0.15) is 5.75 Å². The Morgan fingerprint density at radius 2 is 2.21 bits per heavy atom. The second-order valence-corrected chi connectivity index (χ2v) is 4.05. The zero-order valence-corrected chi connectivity index (χ0v) is 10.5. The summed E-state index contributed by atoms with van der Waals surface area (Å²) in [5, 5.41) is 13.6. The highest BCUT2D eigenvalue weighted by Crippen LogP contribution is 2.21. The molecule has 0 bridgehead atoms. The van der Waals surface area contributed by atoms with Crippen LogP contribution >= 0.6 is 11.6 Å². The summed E-state index contributed by atoms with van der Waals surface area (Å²) in [6, 6.07) is 9.53. The van der Waals surface area contributed by atoms with Crippen LogP contribution in [0.15, 0.2) is 47.7 Å². The van der Waals surface area contributed by atoms with Gasteiger partial charge in [-0.25, -0.2) is 5.43 Å². The second kappa shape index (κ2) is 5.97. The normalized spacial score (nSPS) is 10.6. The number of nitrogens with one attached hydrogen (secondary N) is 1. The Kier molecular flexibility index (Phi) is 4.10. The SMILES string of the molecule is O=C(NN=Cc1ccccn1)c1cc(Cl)ccc1O. The molecule has 96 valence electrons. The first-order valence-corrected chi connectivity index (χ1v) is 5.77. The van der Waals surface area contributed by atoms with Crippen molar-refractivity contribution in [3.05, 3.63) is 58.9 Å². The van der Waals surface area contributed by atoms with Crippen LogP contribution in [-0.2, 0) is 0 Å². The van der Waals surface area contributed by atoms with E-state index in [-0.39, 0.29) is 11.3 Å². The van der Waals surface area contributed by atoms with Gasteiger partial charge in [0.05, 0.1) is 17.5 Å². The molecule has 0 atom stereocenters. The number of amides is 1. The van der Waals surface area contributed by atoms with Gasteiger partial charge in [-0.15, -0.1) is 0 Å². The fraction of sp³-hybridized carbons (Fsp3) is 0. The molecular formula is C13H10ClN3O2. The molecule has 5 nitrogen and oxygen atoms in total. The zero-order chi connectivity index (χ0) is 13.7. The molecule has 0 fully saturated rings. The van der Waals surface area contributed by atoms with Crippen molar-refractivity contribution in [1.29, 1.82) is 0 Å². The highest BCUT2D eigenvalue weighted by Gasteiger charge is 2.10. The largest absolute Gasteiger partial charge is 0.507 e. The fourth-order valence-electron chi connectivity index (χ4n) is 1.36. The number of hydrogen-bond acceptors (Lipinski definition) is 4. The van der Waals surface area contributed by atoms with Crippen molar-refractivity contribution in [2.45, 2.75) is 0 Å². The van der Waals surface area contributed by atoms with E-state index in [1.807, 2.05) is 0 Å². The number of halogens is 1. The molecule has 2 aromatic rings. The third-order valence-corrected chi connectivity index (χ3v) is 2.49. The van der Waals surface area contributed by atoms with Crippen molar-refractivity contribution in [3.8, 4) is 5.75 Å². The van der Waals surface area contributed by atoms with Gasteiger partial charge in [0.25, 0.3) is 5.91 Å². The molecule has 2 rings (SSSR count). The Labute approximate surface area is 114 Å². The van der Waals surface area contributed by atoms with Crippen LogP contribution < -0.4 is 5.43 Å². The van der Waals surface area contributed by atoms with Crippen LogP contribution in [0.2, 0.25) is 5.02 Å². The Balaban J connectivity index is 2.06. The Bertz CT molecular complexity index is 615. The first-order chi connectivity index (χ1) is 9.16. The maximum absolute atomic E-state index is 11.7. The van der Waals surface area contributed by atoms with Gasteiger partial charge < -0.3 is 5.11 Å². The standard InChI is InChI=1S/C13H10ClN3O2/c14-9-4-5-12(18)11(7-9)13(19)17-16-8-10-3-1-2-6-15-10/h1-8,18H,(H,17,19). The lowest BCUT2D eigenvalue weighted by Crippen LogP contribution is -2.17. The molecule has 1 aromatic heterocycles. The lowest BCUT2D eigenvalue weighted by atomic mass is 10.2. The number of hydrogen-bond donors (Lipinski definition) is 2. The monoisotopic (exact) mass is 275 g/mol. The first-order valence-electron chi connectivity index (χ1n) is 5.40. The van der Waals surface area contributed by atoms with Gasteiger partial charge in [0, 0.05) is 11.2 Å². The quantitative estimate of drug-likeness (QED) is 0.666. The highest BCUT2D eigenvalue weighted by molar-refractivity contribution is 6.31. The molecular weight excluding hydrogens is 266 g/mol. The van der Waals surface area contributed by atoms with Crippen LogP contribution in [0.5, 0.6) is 5.75 Å². The van der Waals surface area contributed by atoms with Crippen molar-refractivity contribution in [1.82, 2.24) is 10.4 Å². The third-order valence-electron chi connectivity index (χ3n) is 2.25. The maximum atomic E-state index is 11.7. The summed E-state index contributed by atoms with van der Waals surface area (Å²) >= 11 is 5.75. The average Bonchev–Trinajstić information content (AvgIpc) is 2.42. The molecule has 0 aliphatic carbocycles. The minimum Gasteiger partial charge on any atom is -0.507 e. The minimum atomic E-state index is -0.549. The summed E-state index contributed by atoms with van der Waals surface area (Å²) < 4.78 is 0. The topological polar surface area (TPSA) is 74.6 Å². The van der Waals surface area contributed by atoms with Crippen molar-refractivity contribution in [3.63, 3.8) is 0 Å². The number of benzene rings is 1.